The summed E-state index contributed by atoms with van der Waals surface area (Å²) >= 11 is 0. The molecule has 0 saturated carbocycles. The smallest absolute Gasteiger partial charge is 1.00 e. The molecule has 23 heteroatoms. The Kier molecular flexibility index (Phi) is 8.17. The van der Waals surface area contributed by atoms with Crippen LogP contribution in [0.15, 0.2) is 0 Å². The first-order chi connectivity index (χ1) is 7.35. The van der Waals surface area contributed by atoms with Gasteiger partial charge in [0.15, 0.2) is 0 Å². The van der Waals surface area contributed by atoms with Crippen molar-refractivity contribution >= 4 is 23.4 Å². The summed E-state index contributed by atoms with van der Waals surface area (Å²) in [4.78, 5) is 0. The Bertz CT molecular complexity index is 271. The molecule has 1 radical (unpaired) electrons. The van der Waals surface area contributed by atoms with Crippen LogP contribution in [0.25, 0.3) is 0 Å². The fourth-order valence-electron chi connectivity index (χ4n) is 0. The fourth-order valence-corrected chi connectivity index (χ4v) is 0. The molecule has 0 aromatic heterocycles. The van der Waals surface area contributed by atoms with Gasteiger partial charge in [0.2, 0.25) is 0 Å². The SMILES string of the molecule is F[P-](F)(F)(F)(F)F.F[P-](F)(F)(F)(F)F.F[P-](F)(F)(F)(F)F.[Co+2].[Li+]. The Morgan fingerprint density at radius 2 is 0.261 bits per heavy atom. The van der Waals surface area contributed by atoms with Gasteiger partial charge in [-0.1, -0.05) is 0 Å². The van der Waals surface area contributed by atoms with Crippen molar-refractivity contribution in [3.8, 4) is 0 Å². The van der Waals surface area contributed by atoms with E-state index in [2.05, 4.69) is 0 Å². The van der Waals surface area contributed by atoms with E-state index in [1.54, 1.807) is 0 Å². The molecule has 0 bridgehead atoms. The van der Waals surface area contributed by atoms with Gasteiger partial charge in [-0.05, 0) is 0 Å². The van der Waals surface area contributed by atoms with E-state index in [1.807, 2.05) is 0 Å². The van der Waals surface area contributed by atoms with Gasteiger partial charge in [-0.2, -0.15) is 0 Å². The van der Waals surface area contributed by atoms with Crippen molar-refractivity contribution < 1.29 is 111 Å². The molecule has 0 atom stereocenters. The second-order valence-electron chi connectivity index (χ2n) is 2.87. The Labute approximate surface area is 135 Å². The molecule has 0 aliphatic heterocycles. The number of hydrogen-bond acceptors (Lipinski definition) is 0. The predicted molar refractivity (Wildman–Crippen MR) is 40.7 cm³/mol. The van der Waals surface area contributed by atoms with Crippen LogP contribution in [0.2, 0.25) is 0 Å². The van der Waals surface area contributed by atoms with E-state index in [1.165, 1.54) is 0 Å². The third kappa shape index (κ3) is 8040. The van der Waals surface area contributed by atoms with E-state index in [4.69, 9.17) is 0 Å². The molecule has 0 aliphatic carbocycles. The van der Waals surface area contributed by atoms with Gasteiger partial charge >= 0.3 is 135 Å². The fraction of sp³-hybridized carbons (Fsp3) is 0. The first kappa shape index (κ1) is 35.3. The number of halogens is 18. The summed E-state index contributed by atoms with van der Waals surface area (Å²) in [5.74, 6) is 0. The molecule has 0 heterocycles. The molecule has 23 heavy (non-hydrogen) atoms. The van der Waals surface area contributed by atoms with E-state index < -0.39 is 23.4 Å². The van der Waals surface area contributed by atoms with E-state index in [0.29, 0.717) is 0 Å². The van der Waals surface area contributed by atoms with Crippen LogP contribution in [0.4, 0.5) is 75.5 Å². The van der Waals surface area contributed by atoms with Gasteiger partial charge in [-0.25, -0.2) is 0 Å². The summed E-state index contributed by atoms with van der Waals surface area (Å²) in [6.45, 7) is 0. The van der Waals surface area contributed by atoms with Gasteiger partial charge in [0.1, 0.15) is 0 Å². The van der Waals surface area contributed by atoms with Gasteiger partial charge in [0.25, 0.3) is 0 Å². The van der Waals surface area contributed by atoms with Crippen molar-refractivity contribution in [2.75, 3.05) is 0 Å². The molecule has 0 amide bonds. The van der Waals surface area contributed by atoms with Crippen LogP contribution in [0.1, 0.15) is 0 Å². The first-order valence-electron chi connectivity index (χ1n) is 3.04. The zero-order chi connectivity index (χ0) is 19.2. The Hall–Kier alpha value is 1.13. The Balaban J connectivity index is -0.0000000675. The first-order valence-corrected chi connectivity index (χ1v) is 9.13. The zero-order valence-electron chi connectivity index (χ0n) is 9.48. The largest absolute Gasteiger partial charge is 2.00 e. The van der Waals surface area contributed by atoms with Crippen LogP contribution in [0.5, 0.6) is 0 Å². The van der Waals surface area contributed by atoms with Crippen molar-refractivity contribution in [2.24, 2.45) is 0 Å². The summed E-state index contributed by atoms with van der Waals surface area (Å²) in [7, 11) is -32.0. The van der Waals surface area contributed by atoms with Crippen LogP contribution in [0, 0.1) is 0 Å². The maximum atomic E-state index is 9.87. The molecule has 0 nitrogen and oxygen atoms in total. The van der Waals surface area contributed by atoms with Gasteiger partial charge in [0.05, 0.1) is 0 Å². The summed E-state index contributed by atoms with van der Waals surface area (Å²) in [5, 5.41) is 0. The minimum Gasteiger partial charge on any atom is 1.00 e. The van der Waals surface area contributed by atoms with E-state index in [0.717, 1.165) is 0 Å². The van der Waals surface area contributed by atoms with E-state index in [9.17, 15) is 75.5 Å². The molecule has 0 fully saturated rings. The zero-order valence-corrected chi connectivity index (χ0v) is 13.2. The molecular weight excluding hydrogens is 501 g/mol. The predicted octanol–water partition coefficient (Wildman–Crippen LogP) is 7.15. The summed E-state index contributed by atoms with van der Waals surface area (Å²) in [5.41, 5.74) is 0. The second-order valence-corrected chi connectivity index (χ2v) is 8.62. The molecule has 0 rings (SSSR count). The van der Waals surface area contributed by atoms with Crippen molar-refractivity contribution in [1.82, 2.24) is 0 Å². The second kappa shape index (κ2) is 5.33. The third-order valence-corrected chi connectivity index (χ3v) is 0. The molecule has 0 unspecified atom stereocenters. The standard InChI is InChI=1S/Co.3F6P.Li/c;3*1-7(2,3,4,5)6;/q+2;3*-1;+1. The van der Waals surface area contributed by atoms with Crippen molar-refractivity contribution in [3.63, 3.8) is 0 Å². The molecule has 0 aromatic rings. The Morgan fingerprint density at radius 3 is 0.261 bits per heavy atom. The molecule has 0 spiro atoms. The van der Waals surface area contributed by atoms with Crippen LogP contribution >= 0.6 is 23.4 Å². The van der Waals surface area contributed by atoms with Crippen LogP contribution < -0.4 is 18.9 Å². The summed E-state index contributed by atoms with van der Waals surface area (Å²) in [6.07, 6.45) is 0. The minimum absolute atomic E-state index is 0. The van der Waals surface area contributed by atoms with Crippen molar-refractivity contribution in [2.45, 2.75) is 0 Å². The molecule has 0 aromatic carbocycles. The van der Waals surface area contributed by atoms with Crippen LogP contribution in [-0.4, -0.2) is 0 Å². The average Bonchev–Trinajstić information content (AvgIpc) is 1.19. The van der Waals surface area contributed by atoms with Crippen LogP contribution in [-0.2, 0) is 16.8 Å². The van der Waals surface area contributed by atoms with E-state index in [-0.39, 0.29) is 35.6 Å². The number of hydrogen-bond donors (Lipinski definition) is 0. The normalized spacial score (nSPS) is 21.1. The average molecular weight is 501 g/mol. The molecule has 0 aliphatic rings. The minimum atomic E-state index is -10.7. The van der Waals surface area contributed by atoms with E-state index >= 15 is 0 Å². The monoisotopic (exact) mass is 501 g/mol. The summed E-state index contributed by atoms with van der Waals surface area (Å²) in [6, 6.07) is 0. The van der Waals surface area contributed by atoms with Crippen LogP contribution in [0.3, 0.4) is 0 Å². The molecule has 151 valence electrons. The van der Waals surface area contributed by atoms with Crippen molar-refractivity contribution in [1.29, 1.82) is 0 Å². The van der Waals surface area contributed by atoms with Gasteiger partial charge in [-0.3, -0.25) is 0 Å². The molecule has 0 saturated heterocycles. The molecular formula is CoF18LiP3. The van der Waals surface area contributed by atoms with Gasteiger partial charge in [0, 0.05) is 0 Å². The van der Waals surface area contributed by atoms with Gasteiger partial charge < -0.3 is 0 Å². The quantitative estimate of drug-likeness (QED) is 0.188. The topological polar surface area (TPSA) is 0 Å². The summed E-state index contributed by atoms with van der Waals surface area (Å²) < 4.78 is 178. The maximum absolute atomic E-state index is 10.7. The maximum Gasteiger partial charge on any atom is 2.00 e. The van der Waals surface area contributed by atoms with Gasteiger partial charge in [-0.15, -0.1) is 0 Å². The number of rotatable bonds is 0. The molecule has 0 N–H and O–H groups in total. The Morgan fingerprint density at radius 1 is 0.261 bits per heavy atom. The van der Waals surface area contributed by atoms with Crippen molar-refractivity contribution in [3.05, 3.63) is 0 Å². The third-order valence-electron chi connectivity index (χ3n) is 0.